The fourth-order valence-electron chi connectivity index (χ4n) is 2.14. The van der Waals surface area contributed by atoms with Crippen LogP contribution in [0.2, 0.25) is 0 Å². The van der Waals surface area contributed by atoms with Gasteiger partial charge in [-0.2, -0.15) is 0 Å². The van der Waals surface area contributed by atoms with Crippen molar-refractivity contribution in [2.24, 2.45) is 5.92 Å². The van der Waals surface area contributed by atoms with Crippen LogP contribution in [0.3, 0.4) is 0 Å². The van der Waals surface area contributed by atoms with Crippen molar-refractivity contribution in [3.63, 3.8) is 0 Å². The molecule has 4 heteroatoms. The molecule has 0 aromatic carbocycles. The molecule has 0 saturated carbocycles. The molecule has 3 nitrogen and oxygen atoms in total. The van der Waals surface area contributed by atoms with Crippen LogP contribution in [0.4, 0.5) is 0 Å². The van der Waals surface area contributed by atoms with Crippen molar-refractivity contribution in [1.29, 1.82) is 0 Å². The summed E-state index contributed by atoms with van der Waals surface area (Å²) >= 11 is 1.76. The molecule has 1 aliphatic heterocycles. The highest BCUT2D eigenvalue weighted by atomic mass is 32.1. The molecule has 2 heterocycles. The van der Waals surface area contributed by atoms with Crippen molar-refractivity contribution in [3.8, 4) is 0 Å². The molecule has 0 bridgehead atoms. The molecular formula is C12H21N3S. The van der Waals surface area contributed by atoms with Crippen molar-refractivity contribution in [1.82, 2.24) is 15.2 Å². The lowest BCUT2D eigenvalue weighted by Gasteiger charge is -2.26. The lowest BCUT2D eigenvalue weighted by atomic mass is 10.0. The summed E-state index contributed by atoms with van der Waals surface area (Å²) in [6.07, 6.45) is 3.14. The van der Waals surface area contributed by atoms with E-state index in [1.807, 2.05) is 6.20 Å². The van der Waals surface area contributed by atoms with E-state index in [-0.39, 0.29) is 0 Å². The minimum Gasteiger partial charge on any atom is -0.312 e. The fraction of sp³-hybridized carbons (Fsp3) is 0.750. The van der Waals surface area contributed by atoms with Crippen LogP contribution in [-0.2, 0) is 6.54 Å². The number of nitrogens with zero attached hydrogens (tertiary/aromatic N) is 2. The van der Waals surface area contributed by atoms with Crippen LogP contribution in [0.1, 0.15) is 25.3 Å². The average Bonchev–Trinajstić information content (AvgIpc) is 2.62. The summed E-state index contributed by atoms with van der Waals surface area (Å²) in [4.78, 5) is 6.90. The average molecular weight is 239 g/mol. The Morgan fingerprint density at radius 1 is 1.62 bits per heavy atom. The molecule has 1 unspecified atom stereocenters. The minimum absolute atomic E-state index is 0.627. The third-order valence-corrected chi connectivity index (χ3v) is 3.92. The largest absolute Gasteiger partial charge is 0.312 e. The van der Waals surface area contributed by atoms with Crippen molar-refractivity contribution in [2.75, 3.05) is 19.6 Å². The maximum Gasteiger partial charge on any atom is 0.107 e. The second-order valence-electron chi connectivity index (χ2n) is 4.82. The number of hydrogen-bond donors (Lipinski definition) is 1. The first-order valence-electron chi connectivity index (χ1n) is 6.10. The Balaban J connectivity index is 1.92. The normalized spacial score (nSPS) is 23.6. The number of hydrogen-bond acceptors (Lipinski definition) is 4. The van der Waals surface area contributed by atoms with Gasteiger partial charge in [0.15, 0.2) is 0 Å². The lowest BCUT2D eigenvalue weighted by Crippen LogP contribution is -2.40. The zero-order valence-electron chi connectivity index (χ0n) is 10.1. The van der Waals surface area contributed by atoms with E-state index in [1.54, 1.807) is 11.3 Å². The van der Waals surface area contributed by atoms with Gasteiger partial charge in [0.2, 0.25) is 0 Å². The molecule has 1 atom stereocenters. The molecule has 16 heavy (non-hydrogen) atoms. The molecule has 0 radical (unpaired) electrons. The van der Waals surface area contributed by atoms with Gasteiger partial charge in [-0.25, -0.2) is 4.98 Å². The Morgan fingerprint density at radius 3 is 3.19 bits per heavy atom. The van der Waals surface area contributed by atoms with Crippen LogP contribution in [0.5, 0.6) is 0 Å². The van der Waals surface area contributed by atoms with Gasteiger partial charge in [0.25, 0.3) is 0 Å². The first kappa shape index (κ1) is 12.0. The predicted octanol–water partition coefficient (Wildman–Crippen LogP) is 1.96. The molecule has 2 rings (SSSR count). The third-order valence-electron chi connectivity index (χ3n) is 3.16. The van der Waals surface area contributed by atoms with E-state index in [0.717, 1.165) is 19.6 Å². The van der Waals surface area contributed by atoms with Crippen molar-refractivity contribution in [2.45, 2.75) is 32.9 Å². The molecule has 1 aliphatic rings. The van der Waals surface area contributed by atoms with Crippen LogP contribution in [0.25, 0.3) is 0 Å². The lowest BCUT2D eigenvalue weighted by molar-refractivity contribution is 0.238. The number of thiazole rings is 1. The molecule has 1 saturated heterocycles. The summed E-state index contributed by atoms with van der Waals surface area (Å²) in [5, 5.41) is 6.93. The molecule has 1 fully saturated rings. The molecule has 1 aromatic rings. The monoisotopic (exact) mass is 239 g/mol. The fourth-order valence-corrected chi connectivity index (χ4v) is 2.79. The second kappa shape index (κ2) is 5.75. The van der Waals surface area contributed by atoms with Crippen LogP contribution in [-0.4, -0.2) is 35.6 Å². The van der Waals surface area contributed by atoms with E-state index < -0.39 is 0 Å². The van der Waals surface area contributed by atoms with E-state index in [2.05, 4.69) is 34.4 Å². The Hall–Kier alpha value is -0.450. The van der Waals surface area contributed by atoms with Crippen molar-refractivity contribution >= 4 is 11.3 Å². The van der Waals surface area contributed by atoms with E-state index in [0.29, 0.717) is 12.0 Å². The van der Waals surface area contributed by atoms with E-state index in [4.69, 9.17) is 0 Å². The Kier molecular flexibility index (Phi) is 4.32. The van der Waals surface area contributed by atoms with E-state index in [9.17, 15) is 0 Å². The Morgan fingerprint density at radius 2 is 2.50 bits per heavy atom. The van der Waals surface area contributed by atoms with Gasteiger partial charge in [-0.15, -0.1) is 11.3 Å². The first-order chi connectivity index (χ1) is 7.75. The topological polar surface area (TPSA) is 28.2 Å². The van der Waals surface area contributed by atoms with Crippen LogP contribution < -0.4 is 5.32 Å². The van der Waals surface area contributed by atoms with Gasteiger partial charge >= 0.3 is 0 Å². The van der Waals surface area contributed by atoms with Crippen LogP contribution in [0.15, 0.2) is 11.6 Å². The molecular weight excluding hydrogens is 218 g/mol. The van der Waals surface area contributed by atoms with E-state index in [1.165, 1.54) is 18.0 Å². The number of rotatable bonds is 3. The Labute approximate surface area is 102 Å². The number of nitrogens with one attached hydrogen (secondary N) is 1. The third kappa shape index (κ3) is 3.27. The van der Waals surface area contributed by atoms with Gasteiger partial charge < -0.3 is 5.32 Å². The maximum atomic E-state index is 4.37. The molecule has 1 N–H and O–H groups in total. The second-order valence-corrected chi connectivity index (χ2v) is 5.80. The van der Waals surface area contributed by atoms with E-state index >= 15 is 0 Å². The number of aromatic nitrogens is 1. The van der Waals surface area contributed by atoms with Gasteiger partial charge in [0.05, 0.1) is 6.54 Å². The smallest absolute Gasteiger partial charge is 0.107 e. The summed E-state index contributed by atoms with van der Waals surface area (Å²) in [5.41, 5.74) is 0. The highest BCUT2D eigenvalue weighted by Crippen LogP contribution is 2.13. The maximum absolute atomic E-state index is 4.37. The summed E-state index contributed by atoms with van der Waals surface area (Å²) < 4.78 is 0. The van der Waals surface area contributed by atoms with Crippen LogP contribution >= 0.6 is 11.3 Å². The summed E-state index contributed by atoms with van der Waals surface area (Å²) in [7, 11) is 0. The zero-order valence-corrected chi connectivity index (χ0v) is 11.0. The highest BCUT2D eigenvalue weighted by molar-refractivity contribution is 7.09. The molecule has 0 aliphatic carbocycles. The summed E-state index contributed by atoms with van der Waals surface area (Å²) in [6, 6.07) is 0.627. The summed E-state index contributed by atoms with van der Waals surface area (Å²) in [5.74, 6) is 0.705. The van der Waals surface area contributed by atoms with Crippen LogP contribution in [0, 0.1) is 5.92 Å². The summed E-state index contributed by atoms with van der Waals surface area (Å²) in [6.45, 7) is 9.10. The van der Waals surface area contributed by atoms with Gasteiger partial charge in [0, 0.05) is 24.2 Å². The molecule has 1 aromatic heterocycles. The predicted molar refractivity (Wildman–Crippen MR) is 68.6 cm³/mol. The SMILES string of the molecule is CC(C)C1CN(Cc2nccs2)CCCN1. The first-order valence-corrected chi connectivity index (χ1v) is 6.98. The van der Waals surface area contributed by atoms with Gasteiger partial charge in [0.1, 0.15) is 5.01 Å². The van der Waals surface area contributed by atoms with Gasteiger partial charge in [-0.1, -0.05) is 13.8 Å². The zero-order chi connectivity index (χ0) is 11.4. The van der Waals surface area contributed by atoms with Gasteiger partial charge in [-0.05, 0) is 25.4 Å². The minimum atomic E-state index is 0.627. The Bertz CT molecular complexity index is 297. The molecule has 0 spiro atoms. The van der Waals surface area contributed by atoms with Crippen molar-refractivity contribution < 1.29 is 0 Å². The molecule has 0 amide bonds. The molecule has 90 valence electrons. The quantitative estimate of drug-likeness (QED) is 0.874. The standard InChI is InChI=1S/C12H21N3S/c1-10(2)11-8-15(6-3-4-13-11)9-12-14-5-7-16-12/h5,7,10-11,13H,3-4,6,8-9H2,1-2H3. The van der Waals surface area contributed by atoms with Gasteiger partial charge in [-0.3, -0.25) is 4.90 Å². The highest BCUT2D eigenvalue weighted by Gasteiger charge is 2.20. The van der Waals surface area contributed by atoms with Crippen molar-refractivity contribution in [3.05, 3.63) is 16.6 Å².